The van der Waals surface area contributed by atoms with Gasteiger partial charge in [0.15, 0.2) is 11.5 Å². The maximum atomic E-state index is 13.3. The van der Waals surface area contributed by atoms with Gasteiger partial charge in [0.05, 0.1) is 12.1 Å². The van der Waals surface area contributed by atoms with Gasteiger partial charge in [0.25, 0.3) is 0 Å². The van der Waals surface area contributed by atoms with Crippen molar-refractivity contribution in [3.8, 4) is 11.5 Å². The fraction of sp³-hybridized carbons (Fsp3) is 0.250. The SMILES string of the molecule is COc1c(CNO)cc(Cl)c(O)c1F. The molecule has 0 saturated heterocycles. The summed E-state index contributed by atoms with van der Waals surface area (Å²) in [5, 5.41) is 17.5. The second kappa shape index (κ2) is 4.45. The zero-order valence-corrected chi connectivity index (χ0v) is 8.10. The zero-order chi connectivity index (χ0) is 10.7. The van der Waals surface area contributed by atoms with Crippen LogP contribution in [0.15, 0.2) is 6.07 Å². The van der Waals surface area contributed by atoms with Gasteiger partial charge in [0.2, 0.25) is 5.82 Å². The summed E-state index contributed by atoms with van der Waals surface area (Å²) < 4.78 is 18.0. The fourth-order valence-electron chi connectivity index (χ4n) is 1.08. The summed E-state index contributed by atoms with van der Waals surface area (Å²) in [4.78, 5) is 0. The Kier molecular flexibility index (Phi) is 3.51. The van der Waals surface area contributed by atoms with Crippen molar-refractivity contribution in [1.29, 1.82) is 0 Å². The normalized spacial score (nSPS) is 10.3. The summed E-state index contributed by atoms with van der Waals surface area (Å²) in [6.45, 7) is -0.0277. The molecule has 0 heterocycles. The van der Waals surface area contributed by atoms with Gasteiger partial charge >= 0.3 is 0 Å². The van der Waals surface area contributed by atoms with E-state index in [9.17, 15) is 4.39 Å². The molecular weight excluding hydrogens is 213 g/mol. The van der Waals surface area contributed by atoms with Crippen molar-refractivity contribution in [3.05, 3.63) is 22.5 Å². The largest absolute Gasteiger partial charge is 0.504 e. The van der Waals surface area contributed by atoms with E-state index >= 15 is 0 Å². The average Bonchev–Trinajstić information content (AvgIpc) is 2.16. The molecule has 0 fully saturated rings. The molecule has 0 atom stereocenters. The van der Waals surface area contributed by atoms with E-state index < -0.39 is 11.6 Å². The molecule has 78 valence electrons. The molecule has 0 aliphatic carbocycles. The number of aromatic hydroxyl groups is 1. The highest BCUT2D eigenvalue weighted by molar-refractivity contribution is 6.32. The number of benzene rings is 1. The number of ether oxygens (including phenoxy) is 1. The van der Waals surface area contributed by atoms with Gasteiger partial charge in [-0.2, -0.15) is 4.39 Å². The molecule has 0 bridgehead atoms. The van der Waals surface area contributed by atoms with Crippen LogP contribution >= 0.6 is 11.6 Å². The zero-order valence-electron chi connectivity index (χ0n) is 7.34. The second-order valence-electron chi connectivity index (χ2n) is 2.55. The molecule has 0 amide bonds. The van der Waals surface area contributed by atoms with Gasteiger partial charge in [-0.1, -0.05) is 11.6 Å². The molecule has 0 aromatic heterocycles. The van der Waals surface area contributed by atoms with Gasteiger partial charge in [0.1, 0.15) is 0 Å². The first-order valence-corrected chi connectivity index (χ1v) is 4.10. The smallest absolute Gasteiger partial charge is 0.208 e. The Morgan fingerprint density at radius 2 is 2.29 bits per heavy atom. The van der Waals surface area contributed by atoms with Crippen molar-refractivity contribution >= 4 is 11.6 Å². The number of hydroxylamine groups is 1. The van der Waals surface area contributed by atoms with Crippen molar-refractivity contribution < 1.29 is 19.4 Å². The van der Waals surface area contributed by atoms with Crippen LogP contribution in [0.25, 0.3) is 0 Å². The Hall–Kier alpha value is -1.04. The van der Waals surface area contributed by atoms with Crippen LogP contribution in [0.2, 0.25) is 5.02 Å². The van der Waals surface area contributed by atoms with Crippen LogP contribution in [0.4, 0.5) is 4.39 Å². The van der Waals surface area contributed by atoms with E-state index in [-0.39, 0.29) is 17.3 Å². The number of phenols is 1. The Balaban J connectivity index is 3.28. The first-order chi connectivity index (χ1) is 6.61. The van der Waals surface area contributed by atoms with Crippen molar-refractivity contribution in [1.82, 2.24) is 5.48 Å². The monoisotopic (exact) mass is 221 g/mol. The third-order valence-electron chi connectivity index (χ3n) is 1.70. The van der Waals surface area contributed by atoms with E-state index in [1.165, 1.54) is 13.2 Å². The molecular formula is C8H9ClFNO3. The van der Waals surface area contributed by atoms with Gasteiger partial charge in [-0.15, -0.1) is 0 Å². The van der Waals surface area contributed by atoms with E-state index in [1.807, 2.05) is 5.48 Å². The summed E-state index contributed by atoms with van der Waals surface area (Å²) in [6.07, 6.45) is 0. The molecule has 4 nitrogen and oxygen atoms in total. The summed E-state index contributed by atoms with van der Waals surface area (Å²) in [5.41, 5.74) is 2.16. The highest BCUT2D eigenvalue weighted by atomic mass is 35.5. The van der Waals surface area contributed by atoms with Gasteiger partial charge in [0, 0.05) is 12.1 Å². The molecule has 0 aliphatic heterocycles. The lowest BCUT2D eigenvalue weighted by Crippen LogP contribution is -2.08. The number of hydrogen-bond donors (Lipinski definition) is 3. The number of halogens is 2. The standard InChI is InChI=1S/C8H9ClFNO3/c1-14-8-4(3-11-13)2-5(9)7(12)6(8)10/h2,11-13H,3H2,1H3. The van der Waals surface area contributed by atoms with Crippen molar-refractivity contribution in [2.45, 2.75) is 6.54 Å². The minimum atomic E-state index is -0.940. The van der Waals surface area contributed by atoms with Crippen molar-refractivity contribution in [2.75, 3.05) is 7.11 Å². The molecule has 0 unspecified atom stereocenters. The maximum absolute atomic E-state index is 13.3. The predicted octanol–water partition coefficient (Wildman–Crippen LogP) is 1.67. The predicted molar refractivity (Wildman–Crippen MR) is 48.3 cm³/mol. The van der Waals surface area contributed by atoms with Crippen molar-refractivity contribution in [2.24, 2.45) is 0 Å². The number of nitrogens with one attached hydrogen (secondary N) is 1. The van der Waals surface area contributed by atoms with Crippen LogP contribution in [0.1, 0.15) is 5.56 Å². The summed E-state index contributed by atoms with van der Waals surface area (Å²) in [5.74, 6) is -1.75. The minimum Gasteiger partial charge on any atom is -0.504 e. The first-order valence-electron chi connectivity index (χ1n) is 3.72. The Labute approximate surface area is 84.8 Å². The van der Waals surface area contributed by atoms with Gasteiger partial charge in [-0.05, 0) is 6.07 Å². The fourth-order valence-corrected chi connectivity index (χ4v) is 1.29. The van der Waals surface area contributed by atoms with Crippen LogP contribution < -0.4 is 10.2 Å². The summed E-state index contributed by atoms with van der Waals surface area (Å²) in [7, 11) is 1.26. The van der Waals surface area contributed by atoms with Crippen LogP contribution in [-0.2, 0) is 6.54 Å². The molecule has 1 rings (SSSR count). The lowest BCUT2D eigenvalue weighted by Gasteiger charge is -2.10. The molecule has 3 N–H and O–H groups in total. The van der Waals surface area contributed by atoms with E-state index in [0.29, 0.717) is 5.56 Å². The Bertz CT molecular complexity index is 346. The average molecular weight is 222 g/mol. The molecule has 0 radical (unpaired) electrons. The number of hydrogen-bond acceptors (Lipinski definition) is 4. The second-order valence-corrected chi connectivity index (χ2v) is 2.96. The highest BCUT2D eigenvalue weighted by Gasteiger charge is 2.17. The number of rotatable bonds is 3. The first kappa shape index (κ1) is 11.0. The number of methoxy groups -OCH3 is 1. The molecule has 1 aromatic rings. The third kappa shape index (κ3) is 1.89. The minimum absolute atomic E-state index is 0.0277. The van der Waals surface area contributed by atoms with Crippen LogP contribution in [-0.4, -0.2) is 17.4 Å². The van der Waals surface area contributed by atoms with E-state index in [1.54, 1.807) is 0 Å². The Morgan fingerprint density at radius 3 is 2.79 bits per heavy atom. The van der Waals surface area contributed by atoms with Crippen LogP contribution in [0.5, 0.6) is 11.5 Å². The van der Waals surface area contributed by atoms with Gasteiger partial charge in [-0.25, -0.2) is 5.48 Å². The molecule has 0 spiro atoms. The molecule has 6 heteroatoms. The third-order valence-corrected chi connectivity index (χ3v) is 1.99. The quantitative estimate of drug-likeness (QED) is 0.680. The van der Waals surface area contributed by atoms with Crippen molar-refractivity contribution in [3.63, 3.8) is 0 Å². The highest BCUT2D eigenvalue weighted by Crippen LogP contribution is 2.35. The van der Waals surface area contributed by atoms with Crippen LogP contribution in [0, 0.1) is 5.82 Å². The summed E-state index contributed by atoms with van der Waals surface area (Å²) >= 11 is 5.53. The van der Waals surface area contributed by atoms with Crippen LogP contribution in [0.3, 0.4) is 0 Å². The van der Waals surface area contributed by atoms with Gasteiger partial charge < -0.3 is 15.1 Å². The van der Waals surface area contributed by atoms with E-state index in [2.05, 4.69) is 0 Å². The lowest BCUT2D eigenvalue weighted by molar-refractivity contribution is 0.159. The number of phenolic OH excluding ortho intramolecular Hbond substituents is 1. The van der Waals surface area contributed by atoms with Gasteiger partial charge in [-0.3, -0.25) is 0 Å². The molecule has 0 saturated carbocycles. The lowest BCUT2D eigenvalue weighted by atomic mass is 10.2. The maximum Gasteiger partial charge on any atom is 0.208 e. The van der Waals surface area contributed by atoms with E-state index in [0.717, 1.165) is 0 Å². The molecule has 14 heavy (non-hydrogen) atoms. The molecule has 1 aromatic carbocycles. The topological polar surface area (TPSA) is 61.7 Å². The van der Waals surface area contributed by atoms with E-state index in [4.69, 9.17) is 26.7 Å². The molecule has 0 aliphatic rings. The Morgan fingerprint density at radius 1 is 1.64 bits per heavy atom. The summed E-state index contributed by atoms with van der Waals surface area (Å²) in [6, 6.07) is 1.31.